The molecule has 1 aliphatic heterocycles. The van der Waals surface area contributed by atoms with Gasteiger partial charge in [-0.2, -0.15) is 16.9 Å². The lowest BCUT2D eigenvalue weighted by atomic mass is 10.2. The first kappa shape index (κ1) is 9.21. The largest absolute Gasteiger partial charge is 0.381 e. The third-order valence-corrected chi connectivity index (χ3v) is 3.83. The number of hydrogen-bond acceptors (Lipinski definition) is 3. The number of aromatic nitrogens is 2. The zero-order chi connectivity index (χ0) is 9.26. The van der Waals surface area contributed by atoms with Crippen LogP contribution in [0.3, 0.4) is 0 Å². The van der Waals surface area contributed by atoms with Crippen LogP contribution >= 0.6 is 23.4 Å². The van der Waals surface area contributed by atoms with E-state index >= 15 is 0 Å². The molecule has 2 heterocycles. The average molecular weight is 218 g/mol. The van der Waals surface area contributed by atoms with Crippen molar-refractivity contribution >= 4 is 29.2 Å². The predicted octanol–water partition coefficient (Wildman–Crippen LogP) is 2.01. The fraction of sp³-hybridized carbons (Fsp3) is 0.625. The Hall–Kier alpha value is -0.350. The van der Waals surface area contributed by atoms with Gasteiger partial charge in [0.2, 0.25) is 0 Å². The van der Waals surface area contributed by atoms with Crippen LogP contribution in [0.25, 0.3) is 0 Å². The molecule has 0 saturated carbocycles. The topological polar surface area (TPSA) is 43.8 Å². The van der Waals surface area contributed by atoms with Crippen LogP contribution in [0.2, 0.25) is 5.02 Å². The van der Waals surface area contributed by atoms with Gasteiger partial charge in [-0.15, -0.1) is 0 Å². The lowest BCUT2D eigenvalue weighted by molar-refractivity contribution is 0.581. The van der Waals surface area contributed by atoms with Crippen LogP contribution in [0.4, 0.5) is 5.82 Å². The second-order valence-corrected chi connectivity index (χ2v) is 5.03. The minimum absolute atomic E-state index is 0.435. The molecule has 0 bridgehead atoms. The van der Waals surface area contributed by atoms with Gasteiger partial charge in [-0.05, 0) is 18.6 Å². The summed E-state index contributed by atoms with van der Waals surface area (Å²) in [4.78, 5) is 0. The van der Waals surface area contributed by atoms with Gasteiger partial charge in [0.1, 0.15) is 5.02 Å². The molecule has 13 heavy (non-hydrogen) atoms. The van der Waals surface area contributed by atoms with Gasteiger partial charge in [0.05, 0.1) is 6.54 Å². The summed E-state index contributed by atoms with van der Waals surface area (Å²) in [5, 5.41) is 5.37. The SMILES string of the molecule is Nc1nn(CC2CCCS2)cc1Cl. The zero-order valence-corrected chi connectivity index (χ0v) is 8.81. The van der Waals surface area contributed by atoms with E-state index in [-0.39, 0.29) is 0 Å². The van der Waals surface area contributed by atoms with Gasteiger partial charge in [0.25, 0.3) is 0 Å². The predicted molar refractivity (Wildman–Crippen MR) is 57.1 cm³/mol. The molecular formula is C8H12ClN3S. The zero-order valence-electron chi connectivity index (χ0n) is 7.24. The quantitative estimate of drug-likeness (QED) is 0.825. The smallest absolute Gasteiger partial charge is 0.164 e. The number of hydrogen-bond donors (Lipinski definition) is 1. The van der Waals surface area contributed by atoms with Gasteiger partial charge in [0, 0.05) is 11.4 Å². The van der Waals surface area contributed by atoms with E-state index in [2.05, 4.69) is 5.10 Å². The highest BCUT2D eigenvalue weighted by molar-refractivity contribution is 8.00. The number of nitrogens with zero attached hydrogens (tertiary/aromatic N) is 2. The van der Waals surface area contributed by atoms with Gasteiger partial charge in [-0.25, -0.2) is 0 Å². The van der Waals surface area contributed by atoms with Crippen LogP contribution in [0, 0.1) is 0 Å². The summed E-state index contributed by atoms with van der Waals surface area (Å²) in [5.74, 6) is 1.71. The molecule has 1 atom stereocenters. The molecule has 2 N–H and O–H groups in total. The Balaban J connectivity index is 2.00. The third kappa shape index (κ3) is 2.11. The summed E-state index contributed by atoms with van der Waals surface area (Å²) < 4.78 is 1.85. The van der Waals surface area contributed by atoms with Crippen LogP contribution in [0.5, 0.6) is 0 Å². The molecule has 0 radical (unpaired) electrons. The first-order chi connectivity index (χ1) is 6.25. The van der Waals surface area contributed by atoms with Crippen LogP contribution < -0.4 is 5.73 Å². The highest BCUT2D eigenvalue weighted by Crippen LogP contribution is 2.27. The lowest BCUT2D eigenvalue weighted by Crippen LogP contribution is -2.10. The Bertz CT molecular complexity index is 274. The van der Waals surface area contributed by atoms with Crippen molar-refractivity contribution in [2.24, 2.45) is 0 Å². The van der Waals surface area contributed by atoms with E-state index in [1.54, 1.807) is 6.20 Å². The molecule has 1 aromatic rings. The van der Waals surface area contributed by atoms with Crippen molar-refractivity contribution in [3.05, 3.63) is 11.2 Å². The molecule has 0 spiro atoms. The highest BCUT2D eigenvalue weighted by Gasteiger charge is 2.16. The first-order valence-electron chi connectivity index (χ1n) is 4.36. The Morgan fingerprint density at radius 3 is 3.15 bits per heavy atom. The van der Waals surface area contributed by atoms with Gasteiger partial charge in [-0.1, -0.05) is 11.6 Å². The molecule has 1 saturated heterocycles. The minimum Gasteiger partial charge on any atom is -0.381 e. The molecule has 1 aliphatic rings. The Morgan fingerprint density at radius 1 is 1.77 bits per heavy atom. The van der Waals surface area contributed by atoms with E-state index in [0.29, 0.717) is 16.1 Å². The molecule has 72 valence electrons. The van der Waals surface area contributed by atoms with E-state index in [0.717, 1.165) is 6.54 Å². The summed E-state index contributed by atoms with van der Waals surface area (Å²) in [7, 11) is 0. The van der Waals surface area contributed by atoms with E-state index in [1.807, 2.05) is 16.4 Å². The lowest BCUT2D eigenvalue weighted by Gasteiger charge is -2.07. The Morgan fingerprint density at radius 2 is 2.62 bits per heavy atom. The molecule has 0 aromatic carbocycles. The minimum atomic E-state index is 0.435. The third-order valence-electron chi connectivity index (χ3n) is 2.16. The van der Waals surface area contributed by atoms with E-state index in [4.69, 9.17) is 17.3 Å². The molecule has 3 nitrogen and oxygen atoms in total. The van der Waals surface area contributed by atoms with Crippen LogP contribution in [-0.2, 0) is 6.54 Å². The maximum absolute atomic E-state index is 5.80. The number of nitrogens with two attached hydrogens (primary N) is 1. The van der Waals surface area contributed by atoms with Crippen molar-refractivity contribution in [1.82, 2.24) is 9.78 Å². The highest BCUT2D eigenvalue weighted by atomic mass is 35.5. The molecule has 2 rings (SSSR count). The van der Waals surface area contributed by atoms with Gasteiger partial charge in [-0.3, -0.25) is 4.68 Å². The number of anilines is 1. The van der Waals surface area contributed by atoms with E-state index in [1.165, 1.54) is 18.6 Å². The fourth-order valence-corrected chi connectivity index (χ4v) is 2.91. The van der Waals surface area contributed by atoms with Crippen molar-refractivity contribution in [1.29, 1.82) is 0 Å². The molecule has 1 aromatic heterocycles. The molecule has 1 fully saturated rings. The second-order valence-electron chi connectivity index (χ2n) is 3.22. The molecule has 0 aliphatic carbocycles. The van der Waals surface area contributed by atoms with Crippen molar-refractivity contribution in [3.8, 4) is 0 Å². The Labute approximate surface area is 86.6 Å². The average Bonchev–Trinajstić information content (AvgIpc) is 2.64. The van der Waals surface area contributed by atoms with Crippen LogP contribution in [0.15, 0.2) is 6.20 Å². The van der Waals surface area contributed by atoms with Gasteiger partial charge >= 0.3 is 0 Å². The number of thioether (sulfide) groups is 1. The molecule has 1 unspecified atom stereocenters. The summed E-state index contributed by atoms with van der Waals surface area (Å²) in [6.07, 6.45) is 4.40. The molecule has 0 amide bonds. The maximum Gasteiger partial charge on any atom is 0.164 e. The maximum atomic E-state index is 5.80. The number of halogens is 1. The van der Waals surface area contributed by atoms with Gasteiger partial charge < -0.3 is 5.73 Å². The van der Waals surface area contributed by atoms with E-state index in [9.17, 15) is 0 Å². The van der Waals surface area contributed by atoms with Crippen molar-refractivity contribution in [3.63, 3.8) is 0 Å². The Kier molecular flexibility index (Phi) is 2.69. The van der Waals surface area contributed by atoms with Crippen LogP contribution in [0.1, 0.15) is 12.8 Å². The monoisotopic (exact) mass is 217 g/mol. The summed E-state index contributed by atoms with van der Waals surface area (Å²) >= 11 is 7.81. The summed E-state index contributed by atoms with van der Waals surface area (Å²) in [6.45, 7) is 0.932. The van der Waals surface area contributed by atoms with Crippen molar-refractivity contribution in [2.75, 3.05) is 11.5 Å². The fourth-order valence-electron chi connectivity index (χ4n) is 1.50. The number of nitrogen functional groups attached to an aromatic ring is 1. The summed E-state index contributed by atoms with van der Waals surface area (Å²) in [5.41, 5.74) is 5.54. The summed E-state index contributed by atoms with van der Waals surface area (Å²) in [6, 6.07) is 0. The normalized spacial score (nSPS) is 22.4. The van der Waals surface area contributed by atoms with E-state index < -0.39 is 0 Å². The van der Waals surface area contributed by atoms with Gasteiger partial charge in [0.15, 0.2) is 5.82 Å². The number of rotatable bonds is 2. The standard InChI is InChI=1S/C8H12ClN3S/c9-7-5-12(11-8(7)10)4-6-2-1-3-13-6/h5-6H,1-4H2,(H2,10,11). The van der Waals surface area contributed by atoms with Crippen molar-refractivity contribution < 1.29 is 0 Å². The molecular weight excluding hydrogens is 206 g/mol. The second kappa shape index (κ2) is 3.80. The van der Waals surface area contributed by atoms with Crippen molar-refractivity contribution in [2.45, 2.75) is 24.6 Å². The molecule has 5 heteroatoms. The first-order valence-corrected chi connectivity index (χ1v) is 5.78. The van der Waals surface area contributed by atoms with Crippen LogP contribution in [-0.4, -0.2) is 20.8 Å².